The van der Waals surface area contributed by atoms with Crippen molar-refractivity contribution in [1.29, 1.82) is 0 Å². The molecule has 2 aromatic rings. The second-order valence-electron chi connectivity index (χ2n) is 5.46. The Morgan fingerprint density at radius 2 is 2.17 bits per heavy atom. The third-order valence-corrected chi connectivity index (χ3v) is 5.12. The van der Waals surface area contributed by atoms with Gasteiger partial charge in [-0.15, -0.1) is 11.8 Å². The molecule has 0 bridgehead atoms. The molecule has 1 saturated heterocycles. The van der Waals surface area contributed by atoms with Crippen molar-refractivity contribution in [3.05, 3.63) is 36.2 Å². The van der Waals surface area contributed by atoms with Crippen molar-refractivity contribution in [2.75, 3.05) is 13.7 Å². The van der Waals surface area contributed by atoms with Crippen LogP contribution in [0.4, 0.5) is 0 Å². The number of carbonyl (C=O) groups is 1. The van der Waals surface area contributed by atoms with E-state index in [1.54, 1.807) is 25.1 Å². The van der Waals surface area contributed by atoms with E-state index in [-0.39, 0.29) is 11.2 Å². The monoisotopic (exact) mass is 332 g/mol. The Bertz CT molecular complexity index is 654. The van der Waals surface area contributed by atoms with Crippen LogP contribution in [-0.2, 0) is 10.5 Å². The van der Waals surface area contributed by atoms with Gasteiger partial charge in [-0.3, -0.25) is 4.79 Å². The molecule has 1 amide bonds. The van der Waals surface area contributed by atoms with Gasteiger partial charge >= 0.3 is 0 Å². The van der Waals surface area contributed by atoms with Gasteiger partial charge in [-0.05, 0) is 37.1 Å². The van der Waals surface area contributed by atoms with Crippen molar-refractivity contribution in [1.82, 2.24) is 10.3 Å². The fourth-order valence-corrected chi connectivity index (χ4v) is 3.57. The summed E-state index contributed by atoms with van der Waals surface area (Å²) in [6, 6.07) is 7.59. The van der Waals surface area contributed by atoms with Crippen LogP contribution < -0.4 is 10.1 Å². The van der Waals surface area contributed by atoms with E-state index in [0.29, 0.717) is 11.6 Å². The molecule has 3 rings (SSSR count). The highest BCUT2D eigenvalue weighted by atomic mass is 32.2. The number of hydrogen-bond acceptors (Lipinski definition) is 5. The summed E-state index contributed by atoms with van der Waals surface area (Å²) in [6.07, 6.45) is 4.75. The largest absolute Gasteiger partial charge is 0.497 e. The molecule has 1 aliphatic rings. The maximum Gasteiger partial charge on any atom is 0.233 e. The lowest BCUT2D eigenvalue weighted by Gasteiger charge is -2.11. The topological polar surface area (TPSA) is 64.4 Å². The highest BCUT2D eigenvalue weighted by Crippen LogP contribution is 2.26. The number of benzene rings is 1. The molecule has 1 N–H and O–H groups in total. The predicted molar refractivity (Wildman–Crippen MR) is 90.4 cm³/mol. The maximum absolute atomic E-state index is 11.9. The van der Waals surface area contributed by atoms with Gasteiger partial charge in [0.15, 0.2) is 0 Å². The number of oxazole rings is 1. The van der Waals surface area contributed by atoms with E-state index in [1.807, 2.05) is 24.3 Å². The van der Waals surface area contributed by atoms with Crippen LogP contribution in [0.2, 0.25) is 0 Å². The Balaban J connectivity index is 1.61. The Kier molecular flexibility index (Phi) is 5.23. The third-order valence-electron chi connectivity index (χ3n) is 3.81. The Hall–Kier alpha value is -1.95. The van der Waals surface area contributed by atoms with E-state index in [2.05, 4.69) is 10.3 Å². The quantitative estimate of drug-likeness (QED) is 0.910. The predicted octanol–water partition coefficient (Wildman–Crippen LogP) is 3.25. The van der Waals surface area contributed by atoms with Crippen LogP contribution in [0.25, 0.3) is 11.5 Å². The molecule has 1 aromatic carbocycles. The molecule has 122 valence electrons. The summed E-state index contributed by atoms with van der Waals surface area (Å²) in [5.41, 5.74) is 1.77. The molecular formula is C17H20N2O3S. The minimum Gasteiger partial charge on any atom is -0.497 e. The van der Waals surface area contributed by atoms with Crippen molar-refractivity contribution >= 4 is 17.7 Å². The number of rotatable bonds is 5. The maximum atomic E-state index is 11.9. The molecule has 1 aromatic heterocycles. The number of carbonyl (C=O) groups excluding carboxylic acids is 1. The summed E-state index contributed by atoms with van der Waals surface area (Å²) >= 11 is 1.63. The number of methoxy groups -OCH3 is 1. The van der Waals surface area contributed by atoms with Crippen molar-refractivity contribution in [3.63, 3.8) is 0 Å². The first-order valence-electron chi connectivity index (χ1n) is 7.74. The number of hydrogen-bond donors (Lipinski definition) is 1. The van der Waals surface area contributed by atoms with Gasteiger partial charge in [-0.1, -0.05) is 6.42 Å². The van der Waals surface area contributed by atoms with Crippen LogP contribution in [0.5, 0.6) is 5.75 Å². The van der Waals surface area contributed by atoms with E-state index in [4.69, 9.17) is 9.15 Å². The zero-order valence-electron chi connectivity index (χ0n) is 13.1. The van der Waals surface area contributed by atoms with Gasteiger partial charge in [-0.2, -0.15) is 0 Å². The average molecular weight is 332 g/mol. The van der Waals surface area contributed by atoms with Crippen LogP contribution in [-0.4, -0.2) is 29.8 Å². The molecule has 0 saturated carbocycles. The van der Waals surface area contributed by atoms with E-state index in [9.17, 15) is 4.79 Å². The summed E-state index contributed by atoms with van der Waals surface area (Å²) < 4.78 is 10.7. The lowest BCUT2D eigenvalue weighted by molar-refractivity contribution is -0.120. The summed E-state index contributed by atoms with van der Waals surface area (Å²) in [4.78, 5) is 16.4. The van der Waals surface area contributed by atoms with Gasteiger partial charge in [0.1, 0.15) is 12.0 Å². The Morgan fingerprint density at radius 1 is 1.35 bits per heavy atom. The van der Waals surface area contributed by atoms with E-state index in [1.165, 1.54) is 0 Å². The lowest BCUT2D eigenvalue weighted by Crippen LogP contribution is -2.30. The molecule has 0 radical (unpaired) electrons. The Morgan fingerprint density at radius 3 is 2.96 bits per heavy atom. The highest BCUT2D eigenvalue weighted by molar-refractivity contribution is 7.99. The molecule has 0 spiro atoms. The average Bonchev–Trinajstić information content (AvgIpc) is 2.96. The first kappa shape index (κ1) is 15.9. The van der Waals surface area contributed by atoms with Gasteiger partial charge in [0.05, 0.1) is 18.1 Å². The first-order chi connectivity index (χ1) is 11.3. The summed E-state index contributed by atoms with van der Waals surface area (Å²) in [5, 5.41) is 2.97. The van der Waals surface area contributed by atoms with Gasteiger partial charge in [0.2, 0.25) is 11.8 Å². The van der Waals surface area contributed by atoms with Crippen LogP contribution in [0.15, 0.2) is 34.9 Å². The minimum atomic E-state index is 0.0126. The molecule has 6 heteroatoms. The smallest absolute Gasteiger partial charge is 0.233 e. The second-order valence-corrected chi connectivity index (χ2v) is 6.65. The van der Waals surface area contributed by atoms with Crippen LogP contribution in [0, 0.1) is 0 Å². The molecule has 0 aliphatic carbocycles. The normalized spacial score (nSPS) is 18.3. The number of amides is 1. The van der Waals surface area contributed by atoms with E-state index < -0.39 is 0 Å². The standard InChI is InChI=1S/C17H20N2O3S/c1-21-14-7-5-12(6-8-14)17-19-13(10-22-17)11-23-15-4-2-3-9-18-16(15)20/h5-8,10,15H,2-4,9,11H2,1H3,(H,18,20)/t15-/m1/s1. The van der Waals surface area contributed by atoms with Gasteiger partial charge in [-0.25, -0.2) is 4.98 Å². The van der Waals surface area contributed by atoms with Crippen LogP contribution >= 0.6 is 11.8 Å². The second kappa shape index (κ2) is 7.55. The lowest BCUT2D eigenvalue weighted by atomic mass is 10.2. The minimum absolute atomic E-state index is 0.0126. The summed E-state index contributed by atoms with van der Waals surface area (Å²) in [7, 11) is 1.64. The van der Waals surface area contributed by atoms with E-state index in [0.717, 1.165) is 42.8 Å². The van der Waals surface area contributed by atoms with Crippen LogP contribution in [0.1, 0.15) is 25.0 Å². The number of nitrogens with zero attached hydrogens (tertiary/aromatic N) is 1. The summed E-state index contributed by atoms with van der Waals surface area (Å²) in [6.45, 7) is 0.793. The zero-order valence-corrected chi connectivity index (χ0v) is 13.9. The van der Waals surface area contributed by atoms with Gasteiger partial charge in [0, 0.05) is 17.9 Å². The fourth-order valence-electron chi connectivity index (χ4n) is 2.50. The summed E-state index contributed by atoms with van der Waals surface area (Å²) in [5.74, 6) is 2.22. The zero-order chi connectivity index (χ0) is 16.1. The molecule has 1 fully saturated rings. The number of thioether (sulfide) groups is 1. The molecule has 2 heterocycles. The SMILES string of the molecule is COc1ccc(-c2nc(CS[C@@H]3CCCCNC3=O)co2)cc1. The molecule has 5 nitrogen and oxygen atoms in total. The van der Waals surface area contributed by atoms with Crippen molar-refractivity contribution < 1.29 is 13.9 Å². The third kappa shape index (κ3) is 4.07. The number of nitrogens with one attached hydrogen (secondary N) is 1. The first-order valence-corrected chi connectivity index (χ1v) is 8.79. The van der Waals surface area contributed by atoms with E-state index >= 15 is 0 Å². The van der Waals surface area contributed by atoms with Gasteiger partial charge < -0.3 is 14.5 Å². The van der Waals surface area contributed by atoms with Crippen molar-refractivity contribution in [3.8, 4) is 17.2 Å². The molecule has 1 atom stereocenters. The fraction of sp³-hybridized carbons (Fsp3) is 0.412. The molecule has 23 heavy (non-hydrogen) atoms. The van der Waals surface area contributed by atoms with Crippen LogP contribution in [0.3, 0.4) is 0 Å². The number of ether oxygens (including phenoxy) is 1. The molecule has 0 unspecified atom stereocenters. The van der Waals surface area contributed by atoms with Crippen molar-refractivity contribution in [2.45, 2.75) is 30.3 Å². The number of aromatic nitrogens is 1. The Labute approximate surface area is 139 Å². The highest BCUT2D eigenvalue weighted by Gasteiger charge is 2.21. The van der Waals surface area contributed by atoms with Crippen molar-refractivity contribution in [2.24, 2.45) is 0 Å². The van der Waals surface area contributed by atoms with Gasteiger partial charge in [0.25, 0.3) is 0 Å². The molecular weight excluding hydrogens is 312 g/mol. The molecule has 1 aliphatic heterocycles.